The lowest BCUT2D eigenvalue weighted by Crippen LogP contribution is -2.16. The monoisotopic (exact) mass is 434 g/mol. The predicted octanol–water partition coefficient (Wildman–Crippen LogP) is 3.47. The lowest BCUT2D eigenvalue weighted by Gasteiger charge is -2.16. The average molecular weight is 434 g/mol. The zero-order valence-electron chi connectivity index (χ0n) is 16.1. The van der Waals surface area contributed by atoms with Crippen molar-refractivity contribution in [1.82, 2.24) is 14.8 Å². The number of nitrogens with zero attached hydrogens (tertiary/aromatic N) is 5. The highest BCUT2D eigenvalue weighted by atomic mass is 32.2. The van der Waals surface area contributed by atoms with Crippen molar-refractivity contribution in [1.29, 1.82) is 0 Å². The molecule has 3 rings (SSSR count). The zero-order valence-corrected chi connectivity index (χ0v) is 16.9. The topological polar surface area (TPSA) is 106 Å². The molecule has 0 aliphatic rings. The number of benzene rings is 2. The number of anilines is 2. The van der Waals surface area contributed by atoms with E-state index in [0.29, 0.717) is 5.16 Å². The number of rotatable bonds is 6. The molecule has 0 bridgehead atoms. The first-order valence-corrected chi connectivity index (χ1v) is 9.27. The number of nitrogens with one attached hydrogen (secondary N) is 1. The number of nitro benzene ring substituents is 1. The van der Waals surface area contributed by atoms with E-state index in [9.17, 15) is 23.7 Å². The van der Waals surface area contributed by atoms with E-state index in [2.05, 4.69) is 15.5 Å². The van der Waals surface area contributed by atoms with E-state index in [0.717, 1.165) is 30.0 Å². The predicted molar refractivity (Wildman–Crippen MR) is 107 cm³/mol. The van der Waals surface area contributed by atoms with Gasteiger partial charge in [-0.15, -0.1) is 10.2 Å². The highest BCUT2D eigenvalue weighted by Crippen LogP contribution is 2.34. The van der Waals surface area contributed by atoms with Crippen LogP contribution in [0.1, 0.15) is 10.4 Å². The number of amides is 1. The highest BCUT2D eigenvalue weighted by molar-refractivity contribution is 7.99. The van der Waals surface area contributed by atoms with Crippen molar-refractivity contribution < 1.29 is 18.5 Å². The third-order valence-electron chi connectivity index (χ3n) is 4.01. The van der Waals surface area contributed by atoms with Crippen LogP contribution in [-0.2, 0) is 7.05 Å². The van der Waals surface area contributed by atoms with Crippen LogP contribution in [-0.4, -0.2) is 39.7 Å². The third kappa shape index (κ3) is 4.38. The Kier molecular flexibility index (Phi) is 5.96. The molecule has 9 nitrogen and oxygen atoms in total. The Morgan fingerprint density at radius 1 is 1.23 bits per heavy atom. The van der Waals surface area contributed by atoms with Crippen LogP contribution in [0.4, 0.5) is 25.8 Å². The van der Waals surface area contributed by atoms with Gasteiger partial charge in [-0.2, -0.15) is 0 Å². The number of nitro groups is 1. The first-order chi connectivity index (χ1) is 14.2. The average Bonchev–Trinajstić information content (AvgIpc) is 3.05. The standard InChI is InChI=1S/C18H16F2N6O3S/c1-24(2)16-12(19)7-11(8-13(16)20)22-17(27)10-4-5-15(14(6-10)26(28)29)30-18-23-21-9-25(18)3/h4-9H,1-3H3,(H,22,27). The summed E-state index contributed by atoms with van der Waals surface area (Å²) in [5, 5.41) is 21.8. The van der Waals surface area contributed by atoms with Crippen molar-refractivity contribution in [3.8, 4) is 0 Å². The first-order valence-electron chi connectivity index (χ1n) is 8.45. The molecular formula is C18H16F2N6O3S. The Labute approximate surface area is 173 Å². The minimum atomic E-state index is -0.850. The maximum Gasteiger partial charge on any atom is 0.284 e. The first kappa shape index (κ1) is 21.2. The van der Waals surface area contributed by atoms with E-state index in [1.807, 2.05) is 0 Å². The van der Waals surface area contributed by atoms with Crippen molar-refractivity contribution in [3.05, 3.63) is 64.0 Å². The summed E-state index contributed by atoms with van der Waals surface area (Å²) < 4.78 is 29.8. The molecule has 0 fully saturated rings. The van der Waals surface area contributed by atoms with Crippen molar-refractivity contribution >= 4 is 34.7 Å². The van der Waals surface area contributed by atoms with E-state index in [4.69, 9.17) is 0 Å². The van der Waals surface area contributed by atoms with Crippen LogP contribution < -0.4 is 10.2 Å². The number of aromatic nitrogens is 3. The molecule has 0 unspecified atom stereocenters. The summed E-state index contributed by atoms with van der Waals surface area (Å²) >= 11 is 1.02. The molecule has 0 saturated carbocycles. The maximum atomic E-state index is 14.1. The highest BCUT2D eigenvalue weighted by Gasteiger charge is 2.21. The molecule has 3 aromatic rings. The van der Waals surface area contributed by atoms with E-state index < -0.39 is 22.5 Å². The maximum absolute atomic E-state index is 14.1. The zero-order chi connectivity index (χ0) is 22.0. The van der Waals surface area contributed by atoms with Gasteiger partial charge in [-0.1, -0.05) is 0 Å². The van der Waals surface area contributed by atoms with Crippen molar-refractivity contribution in [3.63, 3.8) is 0 Å². The van der Waals surface area contributed by atoms with Gasteiger partial charge < -0.3 is 14.8 Å². The van der Waals surface area contributed by atoms with E-state index in [-0.39, 0.29) is 27.5 Å². The van der Waals surface area contributed by atoms with Crippen LogP contribution >= 0.6 is 11.8 Å². The van der Waals surface area contributed by atoms with Crippen molar-refractivity contribution in [2.75, 3.05) is 24.3 Å². The van der Waals surface area contributed by atoms with Gasteiger partial charge in [-0.05, 0) is 36.0 Å². The molecule has 0 radical (unpaired) electrons. The smallest absolute Gasteiger partial charge is 0.284 e. The van der Waals surface area contributed by atoms with Gasteiger partial charge in [-0.3, -0.25) is 14.9 Å². The normalized spacial score (nSPS) is 10.7. The summed E-state index contributed by atoms with van der Waals surface area (Å²) in [7, 11) is 4.66. The number of carbonyl (C=O) groups is 1. The Hall–Kier alpha value is -3.54. The second-order valence-electron chi connectivity index (χ2n) is 6.40. The molecule has 0 aliphatic carbocycles. The fraction of sp³-hybridized carbons (Fsp3) is 0.167. The van der Waals surface area contributed by atoms with Gasteiger partial charge in [0, 0.05) is 38.5 Å². The lowest BCUT2D eigenvalue weighted by atomic mass is 10.1. The molecule has 0 aliphatic heterocycles. The molecule has 2 aromatic carbocycles. The van der Waals surface area contributed by atoms with Gasteiger partial charge in [0.1, 0.15) is 12.0 Å². The molecule has 0 atom stereocenters. The number of hydrogen-bond donors (Lipinski definition) is 1. The van der Waals surface area contributed by atoms with E-state index in [1.165, 1.54) is 37.5 Å². The lowest BCUT2D eigenvalue weighted by molar-refractivity contribution is -0.387. The molecular weight excluding hydrogens is 418 g/mol. The summed E-state index contributed by atoms with van der Waals surface area (Å²) in [5.41, 5.74) is -0.702. The summed E-state index contributed by atoms with van der Waals surface area (Å²) in [4.78, 5) is 24.9. The van der Waals surface area contributed by atoms with Crippen LogP contribution in [0.5, 0.6) is 0 Å². The molecule has 1 N–H and O–H groups in total. The number of aryl methyl sites for hydroxylation is 1. The van der Waals surface area contributed by atoms with Crippen LogP contribution in [0.2, 0.25) is 0 Å². The summed E-state index contributed by atoms with van der Waals surface area (Å²) in [6.07, 6.45) is 1.45. The summed E-state index contributed by atoms with van der Waals surface area (Å²) in [5.74, 6) is -2.45. The van der Waals surface area contributed by atoms with Crippen LogP contribution in [0.25, 0.3) is 0 Å². The van der Waals surface area contributed by atoms with Crippen LogP contribution in [0.3, 0.4) is 0 Å². The minimum absolute atomic E-state index is 0.0403. The minimum Gasteiger partial charge on any atom is -0.373 e. The largest absolute Gasteiger partial charge is 0.373 e. The molecule has 156 valence electrons. The van der Waals surface area contributed by atoms with Gasteiger partial charge in [0.05, 0.1) is 9.82 Å². The molecule has 1 amide bonds. The fourth-order valence-electron chi connectivity index (χ4n) is 2.62. The van der Waals surface area contributed by atoms with Crippen LogP contribution in [0, 0.1) is 21.7 Å². The van der Waals surface area contributed by atoms with Crippen molar-refractivity contribution in [2.45, 2.75) is 10.1 Å². The molecule has 0 saturated heterocycles. The van der Waals surface area contributed by atoms with Crippen molar-refractivity contribution in [2.24, 2.45) is 7.05 Å². The molecule has 1 aromatic heterocycles. The number of carbonyl (C=O) groups excluding carboxylic acids is 1. The van der Waals surface area contributed by atoms with Crippen LogP contribution in [0.15, 0.2) is 46.7 Å². The summed E-state index contributed by atoms with van der Waals surface area (Å²) in [6, 6.07) is 5.83. The van der Waals surface area contributed by atoms with Gasteiger partial charge in [0.2, 0.25) is 0 Å². The van der Waals surface area contributed by atoms with Gasteiger partial charge in [0.15, 0.2) is 16.8 Å². The SMILES string of the molecule is CN(C)c1c(F)cc(NC(=O)c2ccc(Sc3nncn3C)c([N+](=O)[O-])c2)cc1F. The fourth-order valence-corrected chi connectivity index (χ4v) is 3.47. The number of halogens is 2. The molecule has 30 heavy (non-hydrogen) atoms. The van der Waals surface area contributed by atoms with Gasteiger partial charge in [0.25, 0.3) is 11.6 Å². The Balaban J connectivity index is 1.87. The van der Waals surface area contributed by atoms with E-state index in [1.54, 1.807) is 11.6 Å². The Bertz CT molecular complexity index is 1110. The molecule has 12 heteroatoms. The van der Waals surface area contributed by atoms with Gasteiger partial charge in [-0.25, -0.2) is 8.78 Å². The molecule has 0 spiro atoms. The van der Waals surface area contributed by atoms with E-state index >= 15 is 0 Å². The van der Waals surface area contributed by atoms with Gasteiger partial charge >= 0.3 is 0 Å². The second-order valence-corrected chi connectivity index (χ2v) is 7.41. The quantitative estimate of drug-likeness (QED) is 0.468. The second kappa shape index (κ2) is 8.45. The third-order valence-corrected chi connectivity index (χ3v) is 5.13. The number of hydrogen-bond acceptors (Lipinski definition) is 7. The summed E-state index contributed by atoms with van der Waals surface area (Å²) in [6.45, 7) is 0. The Morgan fingerprint density at radius 2 is 1.90 bits per heavy atom. The Morgan fingerprint density at radius 3 is 2.43 bits per heavy atom. The molecule has 1 heterocycles.